The van der Waals surface area contributed by atoms with E-state index in [1.54, 1.807) is 13.8 Å². The summed E-state index contributed by atoms with van der Waals surface area (Å²) in [5.74, 6) is 0.276. The predicted molar refractivity (Wildman–Crippen MR) is 65.2 cm³/mol. The van der Waals surface area contributed by atoms with E-state index in [0.717, 1.165) is 12.8 Å². The summed E-state index contributed by atoms with van der Waals surface area (Å²) in [7, 11) is 0. The van der Waals surface area contributed by atoms with Crippen molar-refractivity contribution in [2.45, 2.75) is 65.6 Å². The van der Waals surface area contributed by atoms with Crippen molar-refractivity contribution >= 4 is 5.78 Å². The number of carbonyl (C=O) groups excluding carboxylic acids is 1. The monoisotopic (exact) mass is 230 g/mol. The number of Topliss-reactive ketones (excluding diaryl/α,β-unsaturated/α-hetero) is 1. The predicted octanol–water partition coefficient (Wildman–Crippen LogP) is 2.15. The molecule has 0 radical (unpaired) electrons. The molecule has 3 heteroatoms. The van der Waals surface area contributed by atoms with E-state index in [9.17, 15) is 4.79 Å². The van der Waals surface area contributed by atoms with Crippen LogP contribution in [0.3, 0.4) is 0 Å². The standard InChI is InChI=1S/C13H26O3/c1-9(5-7-11(3)14)13(16)10(2)6-8-12(4)15/h9-12,14-15H,5-8H2,1-4H3. The highest BCUT2D eigenvalue weighted by molar-refractivity contribution is 5.82. The molecule has 0 aromatic heterocycles. The second-order valence-electron chi connectivity index (χ2n) is 5.06. The Morgan fingerprint density at radius 2 is 1.12 bits per heavy atom. The van der Waals surface area contributed by atoms with Gasteiger partial charge in [-0.15, -0.1) is 0 Å². The average Bonchev–Trinajstić information content (AvgIpc) is 2.21. The topological polar surface area (TPSA) is 57.5 Å². The molecule has 2 N–H and O–H groups in total. The van der Waals surface area contributed by atoms with Gasteiger partial charge in [0.25, 0.3) is 0 Å². The maximum atomic E-state index is 11.9. The summed E-state index contributed by atoms with van der Waals surface area (Å²) in [5.41, 5.74) is 0. The van der Waals surface area contributed by atoms with Crippen LogP contribution in [-0.2, 0) is 4.79 Å². The van der Waals surface area contributed by atoms with Crippen LogP contribution in [0.5, 0.6) is 0 Å². The molecule has 0 amide bonds. The highest BCUT2D eigenvalue weighted by Crippen LogP contribution is 2.18. The lowest BCUT2D eigenvalue weighted by Gasteiger charge is -2.17. The Morgan fingerprint density at radius 3 is 1.38 bits per heavy atom. The van der Waals surface area contributed by atoms with Gasteiger partial charge in [0.05, 0.1) is 12.2 Å². The number of aliphatic hydroxyl groups is 2. The third-order valence-corrected chi connectivity index (χ3v) is 3.01. The molecule has 4 unspecified atom stereocenters. The van der Waals surface area contributed by atoms with Crippen LogP contribution in [0.2, 0.25) is 0 Å². The molecule has 0 fully saturated rings. The maximum Gasteiger partial charge on any atom is 0.138 e. The first-order chi connectivity index (χ1) is 7.34. The Balaban J connectivity index is 3.91. The lowest BCUT2D eigenvalue weighted by atomic mass is 9.88. The van der Waals surface area contributed by atoms with Crippen LogP contribution in [0.25, 0.3) is 0 Å². The van der Waals surface area contributed by atoms with E-state index in [2.05, 4.69) is 0 Å². The van der Waals surface area contributed by atoms with Gasteiger partial charge < -0.3 is 10.2 Å². The molecule has 0 aromatic carbocycles. The Kier molecular flexibility index (Phi) is 7.60. The van der Waals surface area contributed by atoms with Gasteiger partial charge in [-0.25, -0.2) is 0 Å². The zero-order valence-corrected chi connectivity index (χ0v) is 10.9. The van der Waals surface area contributed by atoms with E-state index < -0.39 is 0 Å². The number of aliphatic hydroxyl groups excluding tert-OH is 2. The van der Waals surface area contributed by atoms with Gasteiger partial charge in [-0.05, 0) is 39.5 Å². The van der Waals surface area contributed by atoms with E-state index in [4.69, 9.17) is 10.2 Å². The minimum Gasteiger partial charge on any atom is -0.393 e. The van der Waals surface area contributed by atoms with Crippen molar-refractivity contribution in [3.63, 3.8) is 0 Å². The highest BCUT2D eigenvalue weighted by atomic mass is 16.3. The molecule has 4 atom stereocenters. The van der Waals surface area contributed by atoms with Crippen LogP contribution < -0.4 is 0 Å². The number of hydrogen-bond donors (Lipinski definition) is 2. The molecule has 0 aliphatic carbocycles. The van der Waals surface area contributed by atoms with Crippen LogP contribution in [0, 0.1) is 11.8 Å². The van der Waals surface area contributed by atoms with Gasteiger partial charge in [-0.2, -0.15) is 0 Å². The molecule has 0 bridgehead atoms. The molecule has 0 saturated carbocycles. The van der Waals surface area contributed by atoms with Gasteiger partial charge >= 0.3 is 0 Å². The van der Waals surface area contributed by atoms with Crippen LogP contribution in [0.1, 0.15) is 53.4 Å². The highest BCUT2D eigenvalue weighted by Gasteiger charge is 2.20. The van der Waals surface area contributed by atoms with Crippen molar-refractivity contribution < 1.29 is 15.0 Å². The molecule has 0 aliphatic heterocycles. The fraction of sp³-hybridized carbons (Fsp3) is 0.923. The van der Waals surface area contributed by atoms with Crippen LogP contribution >= 0.6 is 0 Å². The average molecular weight is 230 g/mol. The first-order valence-corrected chi connectivity index (χ1v) is 6.24. The molecule has 0 saturated heterocycles. The largest absolute Gasteiger partial charge is 0.393 e. The van der Waals surface area contributed by atoms with Gasteiger partial charge in [-0.1, -0.05) is 13.8 Å². The Labute approximate surface area is 98.9 Å². The Hall–Kier alpha value is -0.410. The van der Waals surface area contributed by atoms with Crippen molar-refractivity contribution in [2.75, 3.05) is 0 Å². The van der Waals surface area contributed by atoms with Gasteiger partial charge in [-0.3, -0.25) is 4.79 Å². The number of carbonyl (C=O) groups is 1. The minimum absolute atomic E-state index is 0.0126. The first-order valence-electron chi connectivity index (χ1n) is 6.24. The summed E-state index contributed by atoms with van der Waals surface area (Å²) >= 11 is 0. The van der Waals surface area contributed by atoms with E-state index >= 15 is 0 Å². The maximum absolute atomic E-state index is 11.9. The summed E-state index contributed by atoms with van der Waals surface area (Å²) in [6, 6.07) is 0. The minimum atomic E-state index is -0.331. The molecular formula is C13H26O3. The third kappa shape index (κ3) is 6.96. The number of hydrogen-bond acceptors (Lipinski definition) is 3. The normalized spacial score (nSPS) is 18.9. The summed E-state index contributed by atoms with van der Waals surface area (Å²) in [4.78, 5) is 11.9. The molecule has 16 heavy (non-hydrogen) atoms. The quantitative estimate of drug-likeness (QED) is 0.671. The SMILES string of the molecule is CC(O)CCC(C)C(=O)C(C)CCC(C)O. The van der Waals surface area contributed by atoms with Crippen molar-refractivity contribution in [1.82, 2.24) is 0 Å². The molecule has 0 rings (SSSR count). The van der Waals surface area contributed by atoms with E-state index in [1.165, 1.54) is 0 Å². The molecule has 3 nitrogen and oxygen atoms in total. The molecule has 0 aliphatic rings. The van der Waals surface area contributed by atoms with Crippen molar-refractivity contribution in [1.29, 1.82) is 0 Å². The molecule has 96 valence electrons. The second-order valence-corrected chi connectivity index (χ2v) is 5.06. The van der Waals surface area contributed by atoms with Gasteiger partial charge in [0, 0.05) is 11.8 Å². The molecule has 0 heterocycles. The van der Waals surface area contributed by atoms with Crippen LogP contribution in [0.4, 0.5) is 0 Å². The lowest BCUT2D eigenvalue weighted by molar-refractivity contribution is -0.126. The van der Waals surface area contributed by atoms with E-state index in [1.807, 2.05) is 13.8 Å². The fourth-order valence-corrected chi connectivity index (χ4v) is 1.75. The Morgan fingerprint density at radius 1 is 0.812 bits per heavy atom. The fourth-order valence-electron chi connectivity index (χ4n) is 1.75. The summed E-state index contributed by atoms with van der Waals surface area (Å²) in [6.45, 7) is 7.33. The summed E-state index contributed by atoms with van der Waals surface area (Å²) < 4.78 is 0. The third-order valence-electron chi connectivity index (χ3n) is 3.01. The van der Waals surface area contributed by atoms with Crippen molar-refractivity contribution in [3.05, 3.63) is 0 Å². The second kappa shape index (κ2) is 7.80. The van der Waals surface area contributed by atoms with Gasteiger partial charge in [0.15, 0.2) is 0 Å². The van der Waals surface area contributed by atoms with Crippen LogP contribution in [-0.4, -0.2) is 28.2 Å². The van der Waals surface area contributed by atoms with E-state index in [-0.39, 0.29) is 29.8 Å². The first kappa shape index (κ1) is 15.6. The number of rotatable bonds is 8. The van der Waals surface area contributed by atoms with Crippen LogP contribution in [0.15, 0.2) is 0 Å². The Bertz CT molecular complexity index is 179. The molecule has 0 aromatic rings. The smallest absolute Gasteiger partial charge is 0.138 e. The van der Waals surface area contributed by atoms with Crippen molar-refractivity contribution in [2.24, 2.45) is 11.8 Å². The van der Waals surface area contributed by atoms with Gasteiger partial charge in [0.1, 0.15) is 5.78 Å². The number of ketones is 1. The van der Waals surface area contributed by atoms with Crippen molar-refractivity contribution in [3.8, 4) is 0 Å². The molecule has 0 spiro atoms. The zero-order chi connectivity index (χ0) is 12.7. The van der Waals surface area contributed by atoms with E-state index in [0.29, 0.717) is 12.8 Å². The summed E-state index contributed by atoms with van der Waals surface area (Å²) in [5, 5.41) is 18.3. The lowest BCUT2D eigenvalue weighted by Crippen LogP contribution is -2.21. The summed E-state index contributed by atoms with van der Waals surface area (Å²) in [6.07, 6.45) is 2.18. The zero-order valence-electron chi connectivity index (χ0n) is 10.9. The molecular weight excluding hydrogens is 204 g/mol. The van der Waals surface area contributed by atoms with Gasteiger partial charge in [0.2, 0.25) is 0 Å².